The van der Waals surface area contributed by atoms with E-state index in [0.717, 1.165) is 11.8 Å². The van der Waals surface area contributed by atoms with Gasteiger partial charge in [-0.2, -0.15) is 0 Å². The molecule has 0 aliphatic carbocycles. The fourth-order valence-corrected chi connectivity index (χ4v) is 4.68. The van der Waals surface area contributed by atoms with Crippen LogP contribution in [-0.2, 0) is 20.2 Å². The van der Waals surface area contributed by atoms with Crippen LogP contribution < -0.4 is 19.1 Å². The maximum atomic E-state index is 12.5. The van der Waals surface area contributed by atoms with E-state index >= 15 is 0 Å². The van der Waals surface area contributed by atoms with Gasteiger partial charge in [-0.25, -0.2) is 8.42 Å². The van der Waals surface area contributed by atoms with Crippen molar-refractivity contribution < 1.29 is 22.7 Å². The van der Waals surface area contributed by atoms with Gasteiger partial charge in [-0.3, -0.25) is 9.10 Å². The summed E-state index contributed by atoms with van der Waals surface area (Å²) in [6.07, 6.45) is 1.78. The first-order valence-corrected chi connectivity index (χ1v) is 13.1. The lowest BCUT2D eigenvalue weighted by molar-refractivity contribution is -0.121. The number of rotatable bonds is 8. The fourth-order valence-electron chi connectivity index (χ4n) is 3.73. The Morgan fingerprint density at radius 1 is 1.06 bits per heavy atom. The number of carbonyl (C=O) groups excluding carboxylic acids is 1. The predicted octanol–water partition coefficient (Wildman–Crippen LogP) is 4.18. The van der Waals surface area contributed by atoms with E-state index in [1.165, 1.54) is 9.87 Å². The molecule has 8 heteroatoms. The van der Waals surface area contributed by atoms with Gasteiger partial charge in [0.25, 0.3) is 0 Å². The monoisotopic (exact) mass is 474 g/mol. The smallest absolute Gasteiger partial charge is 0.232 e. The van der Waals surface area contributed by atoms with Crippen molar-refractivity contribution >= 4 is 21.6 Å². The number of benzene rings is 2. The van der Waals surface area contributed by atoms with E-state index in [1.54, 1.807) is 18.2 Å². The van der Waals surface area contributed by atoms with E-state index in [9.17, 15) is 13.2 Å². The molecule has 0 saturated heterocycles. The SMILES string of the molecule is C[C@@H](NC(=O)CCCN(c1ccc2c(c1)OCCO2)S(C)(=O)=O)c1ccc(C(C)(C)C)cc1. The highest BCUT2D eigenvalue weighted by atomic mass is 32.2. The van der Waals surface area contributed by atoms with E-state index in [1.807, 2.05) is 19.1 Å². The molecule has 7 nitrogen and oxygen atoms in total. The summed E-state index contributed by atoms with van der Waals surface area (Å²) in [5, 5.41) is 3.00. The van der Waals surface area contributed by atoms with E-state index < -0.39 is 10.0 Å². The molecule has 1 amide bonds. The number of hydrogen-bond acceptors (Lipinski definition) is 5. The second-order valence-corrected chi connectivity index (χ2v) is 11.3. The van der Waals surface area contributed by atoms with Crippen LogP contribution in [0.5, 0.6) is 11.5 Å². The predicted molar refractivity (Wildman–Crippen MR) is 131 cm³/mol. The molecular formula is C25H34N2O5S. The molecule has 0 aromatic heterocycles. The van der Waals surface area contributed by atoms with E-state index in [-0.39, 0.29) is 30.3 Å². The molecule has 1 aliphatic heterocycles. The van der Waals surface area contributed by atoms with Gasteiger partial charge in [-0.1, -0.05) is 45.0 Å². The average molecular weight is 475 g/mol. The van der Waals surface area contributed by atoms with Crippen molar-refractivity contribution in [2.75, 3.05) is 30.3 Å². The summed E-state index contributed by atoms with van der Waals surface area (Å²) < 4.78 is 37.2. The number of nitrogens with zero attached hydrogens (tertiary/aromatic N) is 1. The maximum absolute atomic E-state index is 12.5. The lowest BCUT2D eigenvalue weighted by Crippen LogP contribution is -2.32. The fraction of sp³-hybridized carbons (Fsp3) is 0.480. The molecule has 1 atom stereocenters. The molecule has 0 spiro atoms. The normalized spacial score (nSPS) is 14.5. The first-order chi connectivity index (χ1) is 15.4. The van der Waals surface area contributed by atoms with E-state index in [4.69, 9.17) is 9.47 Å². The van der Waals surface area contributed by atoms with Crippen molar-refractivity contribution in [2.45, 2.75) is 52.0 Å². The van der Waals surface area contributed by atoms with Crippen LogP contribution in [0, 0.1) is 0 Å². The Bertz CT molecular complexity index is 1070. The lowest BCUT2D eigenvalue weighted by atomic mass is 9.86. The Morgan fingerprint density at radius 3 is 2.30 bits per heavy atom. The first-order valence-electron chi connectivity index (χ1n) is 11.2. The molecule has 0 saturated carbocycles. The van der Waals surface area contributed by atoms with Crippen molar-refractivity contribution in [3.8, 4) is 11.5 Å². The molecule has 1 N–H and O–H groups in total. The molecular weight excluding hydrogens is 440 g/mol. The zero-order valence-electron chi connectivity index (χ0n) is 20.1. The van der Waals surface area contributed by atoms with Gasteiger partial charge in [0.15, 0.2) is 11.5 Å². The zero-order chi connectivity index (χ0) is 24.2. The van der Waals surface area contributed by atoms with Crippen molar-refractivity contribution in [2.24, 2.45) is 0 Å². The van der Waals surface area contributed by atoms with Gasteiger partial charge < -0.3 is 14.8 Å². The zero-order valence-corrected chi connectivity index (χ0v) is 20.9. The van der Waals surface area contributed by atoms with Crippen LogP contribution in [0.15, 0.2) is 42.5 Å². The summed E-state index contributed by atoms with van der Waals surface area (Å²) in [7, 11) is -3.52. The number of ether oxygens (including phenoxy) is 2. The topological polar surface area (TPSA) is 84.9 Å². The number of anilines is 1. The number of sulfonamides is 1. The van der Waals surface area contributed by atoms with Crippen molar-refractivity contribution in [1.82, 2.24) is 5.32 Å². The van der Waals surface area contributed by atoms with Crippen LogP contribution in [0.4, 0.5) is 5.69 Å². The highest BCUT2D eigenvalue weighted by Crippen LogP contribution is 2.34. The van der Waals surface area contributed by atoms with E-state index in [0.29, 0.717) is 36.8 Å². The summed E-state index contributed by atoms with van der Waals surface area (Å²) in [5.74, 6) is 1.01. The molecule has 2 aromatic carbocycles. The Labute approximate surface area is 197 Å². The van der Waals surface area contributed by atoms with Crippen molar-refractivity contribution in [3.05, 3.63) is 53.6 Å². The Morgan fingerprint density at radius 2 is 1.70 bits per heavy atom. The molecule has 0 radical (unpaired) electrons. The van der Waals surface area contributed by atoms with E-state index in [2.05, 4.69) is 38.2 Å². The highest BCUT2D eigenvalue weighted by molar-refractivity contribution is 7.92. The third-order valence-electron chi connectivity index (χ3n) is 5.63. The lowest BCUT2D eigenvalue weighted by Gasteiger charge is -2.25. The second-order valence-electron chi connectivity index (χ2n) is 9.43. The van der Waals surface area contributed by atoms with Crippen LogP contribution in [-0.4, -0.2) is 40.3 Å². The number of nitrogens with one attached hydrogen (secondary N) is 1. The molecule has 0 fully saturated rings. The highest BCUT2D eigenvalue weighted by Gasteiger charge is 2.21. The van der Waals surface area contributed by atoms with Gasteiger partial charge in [-0.15, -0.1) is 0 Å². The van der Waals surface area contributed by atoms with Gasteiger partial charge in [0.1, 0.15) is 13.2 Å². The van der Waals surface area contributed by atoms with Gasteiger partial charge in [-0.05, 0) is 42.0 Å². The Balaban J connectivity index is 1.57. The number of amides is 1. The minimum absolute atomic E-state index is 0.0771. The molecule has 3 rings (SSSR count). The quantitative estimate of drug-likeness (QED) is 0.620. The van der Waals surface area contributed by atoms with Crippen LogP contribution >= 0.6 is 0 Å². The Kier molecular flexibility index (Phi) is 7.57. The van der Waals surface area contributed by atoms with Gasteiger partial charge in [0.2, 0.25) is 15.9 Å². The largest absolute Gasteiger partial charge is 0.486 e. The molecule has 0 bridgehead atoms. The third kappa shape index (κ3) is 6.63. The summed E-state index contributed by atoms with van der Waals surface area (Å²) in [4.78, 5) is 12.5. The van der Waals surface area contributed by atoms with Crippen LogP contribution in [0.2, 0.25) is 0 Å². The molecule has 0 unspecified atom stereocenters. The minimum Gasteiger partial charge on any atom is -0.486 e. The van der Waals surface area contributed by atoms with Crippen LogP contribution in [0.3, 0.4) is 0 Å². The summed E-state index contributed by atoms with van der Waals surface area (Å²) in [6, 6.07) is 13.2. The van der Waals surface area contributed by atoms with Gasteiger partial charge >= 0.3 is 0 Å². The first kappa shape index (κ1) is 24.9. The Hall–Kier alpha value is -2.74. The van der Waals surface area contributed by atoms with Gasteiger partial charge in [0, 0.05) is 19.0 Å². The molecule has 1 heterocycles. The van der Waals surface area contributed by atoms with Crippen molar-refractivity contribution in [3.63, 3.8) is 0 Å². The number of hydrogen-bond donors (Lipinski definition) is 1. The average Bonchev–Trinajstić information content (AvgIpc) is 2.75. The number of carbonyl (C=O) groups is 1. The summed E-state index contributed by atoms with van der Waals surface area (Å²) >= 11 is 0. The summed E-state index contributed by atoms with van der Waals surface area (Å²) in [5.41, 5.74) is 2.85. The van der Waals surface area contributed by atoms with Crippen LogP contribution in [0.25, 0.3) is 0 Å². The molecule has 180 valence electrons. The third-order valence-corrected chi connectivity index (χ3v) is 6.83. The number of fused-ring (bicyclic) bond motifs is 1. The molecule has 1 aliphatic rings. The maximum Gasteiger partial charge on any atom is 0.232 e. The summed E-state index contributed by atoms with van der Waals surface area (Å²) in [6.45, 7) is 9.53. The van der Waals surface area contributed by atoms with Crippen molar-refractivity contribution in [1.29, 1.82) is 0 Å². The minimum atomic E-state index is -3.52. The molecule has 33 heavy (non-hydrogen) atoms. The standard InChI is InChI=1S/C25H34N2O5S/c1-18(19-8-10-20(11-9-19)25(2,3)4)26-24(28)7-6-14-27(33(5,29)30)21-12-13-22-23(17-21)32-16-15-31-22/h8-13,17-18H,6-7,14-16H2,1-5H3,(H,26,28)/t18-/m1/s1. The van der Waals surface area contributed by atoms with Crippen LogP contribution in [0.1, 0.15) is 57.7 Å². The second kappa shape index (κ2) is 10.0. The molecule has 2 aromatic rings. The van der Waals surface area contributed by atoms with Gasteiger partial charge in [0.05, 0.1) is 18.0 Å².